The van der Waals surface area contributed by atoms with E-state index in [0.717, 1.165) is 44.9 Å². The number of nitrogens with two attached hydrogens (primary N) is 1. The summed E-state index contributed by atoms with van der Waals surface area (Å²) in [6, 6.07) is 3.88. The number of hydrogen-bond acceptors (Lipinski definition) is 7. The molecule has 2 heterocycles. The van der Waals surface area contributed by atoms with Crippen molar-refractivity contribution in [2.75, 3.05) is 25.3 Å². The molecule has 0 amide bonds. The summed E-state index contributed by atoms with van der Waals surface area (Å²) < 4.78 is 16.0. The Labute approximate surface area is 151 Å². The smallest absolute Gasteiger partial charge is 0.141 e. The highest BCUT2D eigenvalue weighted by Crippen LogP contribution is 2.40. The minimum atomic E-state index is 0.536. The summed E-state index contributed by atoms with van der Waals surface area (Å²) in [6.07, 6.45) is 3.25. The predicted octanol–water partition coefficient (Wildman–Crippen LogP) is 4.02. The van der Waals surface area contributed by atoms with Crippen LogP contribution in [0.25, 0.3) is 22.0 Å². The molecule has 0 bridgehead atoms. The fourth-order valence-electron chi connectivity index (χ4n) is 3.01. The van der Waals surface area contributed by atoms with Crippen molar-refractivity contribution in [1.82, 2.24) is 10.1 Å². The largest absolute Gasteiger partial charge is 0.503 e. The van der Waals surface area contributed by atoms with Gasteiger partial charge in [-0.1, -0.05) is 5.16 Å². The van der Waals surface area contributed by atoms with Crippen LogP contribution in [0.15, 0.2) is 34.8 Å². The Morgan fingerprint density at radius 2 is 2.04 bits per heavy atom. The molecule has 0 radical (unpaired) electrons. The highest BCUT2D eigenvalue weighted by Gasteiger charge is 2.19. The van der Waals surface area contributed by atoms with Gasteiger partial charge in [-0.3, -0.25) is 4.98 Å². The van der Waals surface area contributed by atoms with E-state index in [4.69, 9.17) is 19.7 Å². The number of aryl methyl sites for hydroxylation is 2. The maximum Gasteiger partial charge on any atom is 0.141 e. The lowest BCUT2D eigenvalue weighted by Crippen LogP contribution is -2.03. The van der Waals surface area contributed by atoms with Gasteiger partial charge in [-0.2, -0.15) is 0 Å². The molecule has 0 saturated heterocycles. The van der Waals surface area contributed by atoms with Crippen LogP contribution in [0.2, 0.25) is 0 Å². The zero-order valence-corrected chi connectivity index (χ0v) is 15.5. The monoisotopic (exact) mass is 354 g/mol. The molecule has 0 atom stereocenters. The number of anilines is 2. The number of pyridine rings is 1. The highest BCUT2D eigenvalue weighted by molar-refractivity contribution is 6.01. The Hall–Kier alpha value is -3.22. The Balaban J connectivity index is 2.24. The second kappa shape index (κ2) is 6.95. The number of methoxy groups -OCH3 is 2. The minimum Gasteiger partial charge on any atom is -0.503 e. The summed E-state index contributed by atoms with van der Waals surface area (Å²) in [4.78, 5) is 4.48. The summed E-state index contributed by atoms with van der Waals surface area (Å²) in [5, 5.41) is 8.15. The molecule has 0 saturated carbocycles. The summed E-state index contributed by atoms with van der Waals surface area (Å²) in [7, 11) is 3.23. The molecule has 0 aliphatic heterocycles. The molecule has 0 aliphatic rings. The van der Waals surface area contributed by atoms with Gasteiger partial charge >= 0.3 is 0 Å². The van der Waals surface area contributed by atoms with Gasteiger partial charge in [-0.05, 0) is 32.9 Å². The van der Waals surface area contributed by atoms with Gasteiger partial charge in [0.05, 0.1) is 48.6 Å². The molecule has 7 nitrogen and oxygen atoms in total. The predicted molar refractivity (Wildman–Crippen MR) is 102 cm³/mol. The minimum absolute atomic E-state index is 0.536. The van der Waals surface area contributed by atoms with Crippen LogP contribution in [-0.4, -0.2) is 24.4 Å². The topological polar surface area (TPSA) is 95.4 Å². The number of nitrogen functional groups attached to an aromatic ring is 1. The summed E-state index contributed by atoms with van der Waals surface area (Å²) >= 11 is 0. The van der Waals surface area contributed by atoms with Gasteiger partial charge in [0, 0.05) is 16.6 Å². The van der Waals surface area contributed by atoms with Crippen molar-refractivity contribution in [3.05, 3.63) is 41.7 Å². The molecule has 1 aromatic carbocycles. The van der Waals surface area contributed by atoms with E-state index in [1.54, 1.807) is 26.7 Å². The Bertz CT molecular complexity index is 973. The zero-order chi connectivity index (χ0) is 18.8. The maximum absolute atomic E-state index is 6.14. The standard InChI is InChI=1S/C19H22N4O3/c1-10(9-24-4)22-19-13-7-17(25-5)14(6-16(13)21-8-15(19)20)18-11(2)23-26-12(18)3/h6-9H,20H2,1-5H3,(H,21,22). The average molecular weight is 354 g/mol. The third-order valence-electron chi connectivity index (χ3n) is 4.14. The first-order valence-electron chi connectivity index (χ1n) is 8.12. The van der Waals surface area contributed by atoms with Crippen LogP contribution in [0.5, 0.6) is 5.75 Å². The van der Waals surface area contributed by atoms with Gasteiger partial charge < -0.3 is 25.0 Å². The number of aromatic nitrogens is 2. The molecule has 3 rings (SSSR count). The number of ether oxygens (including phenoxy) is 2. The Morgan fingerprint density at radius 1 is 1.27 bits per heavy atom. The van der Waals surface area contributed by atoms with E-state index in [1.165, 1.54) is 0 Å². The zero-order valence-electron chi connectivity index (χ0n) is 15.5. The average Bonchev–Trinajstić information content (AvgIpc) is 2.95. The molecule has 136 valence electrons. The molecule has 7 heteroatoms. The van der Waals surface area contributed by atoms with Gasteiger partial charge in [0.1, 0.15) is 17.8 Å². The first-order valence-corrected chi connectivity index (χ1v) is 8.12. The second-order valence-electron chi connectivity index (χ2n) is 6.02. The van der Waals surface area contributed by atoms with E-state index in [1.807, 2.05) is 32.9 Å². The van der Waals surface area contributed by atoms with Crippen molar-refractivity contribution in [2.45, 2.75) is 20.8 Å². The van der Waals surface area contributed by atoms with Crippen molar-refractivity contribution < 1.29 is 14.0 Å². The fourth-order valence-corrected chi connectivity index (χ4v) is 3.01. The molecule has 0 fully saturated rings. The number of nitrogens with zero attached hydrogens (tertiary/aromatic N) is 2. The maximum atomic E-state index is 6.14. The molecule has 0 unspecified atom stereocenters. The summed E-state index contributed by atoms with van der Waals surface area (Å²) in [5.41, 5.74) is 11.6. The molecule has 3 N–H and O–H groups in total. The van der Waals surface area contributed by atoms with Crippen LogP contribution in [0, 0.1) is 13.8 Å². The van der Waals surface area contributed by atoms with Gasteiger partial charge in [0.2, 0.25) is 0 Å². The highest BCUT2D eigenvalue weighted by atomic mass is 16.5. The van der Waals surface area contributed by atoms with Crippen LogP contribution in [0.1, 0.15) is 18.4 Å². The van der Waals surface area contributed by atoms with Crippen molar-refractivity contribution >= 4 is 22.3 Å². The third-order valence-corrected chi connectivity index (χ3v) is 4.14. The first kappa shape index (κ1) is 17.6. The van der Waals surface area contributed by atoms with Crippen molar-refractivity contribution in [3.8, 4) is 16.9 Å². The van der Waals surface area contributed by atoms with Gasteiger partial charge in [0.15, 0.2) is 0 Å². The lowest BCUT2D eigenvalue weighted by molar-refractivity contribution is 0.334. The van der Waals surface area contributed by atoms with Crippen molar-refractivity contribution in [2.24, 2.45) is 0 Å². The third kappa shape index (κ3) is 3.03. The van der Waals surface area contributed by atoms with Crippen molar-refractivity contribution in [1.29, 1.82) is 0 Å². The van der Waals surface area contributed by atoms with E-state index in [9.17, 15) is 0 Å². The summed E-state index contributed by atoms with van der Waals surface area (Å²) in [5.74, 6) is 1.42. The van der Waals surface area contributed by atoms with E-state index in [0.29, 0.717) is 11.4 Å². The van der Waals surface area contributed by atoms with E-state index in [2.05, 4.69) is 15.5 Å². The van der Waals surface area contributed by atoms with Crippen LogP contribution in [0.4, 0.5) is 11.4 Å². The summed E-state index contributed by atoms with van der Waals surface area (Å²) in [6.45, 7) is 5.67. The van der Waals surface area contributed by atoms with Crippen LogP contribution in [-0.2, 0) is 4.74 Å². The number of nitrogens with one attached hydrogen (secondary N) is 1. The van der Waals surface area contributed by atoms with E-state index in [-0.39, 0.29) is 0 Å². The van der Waals surface area contributed by atoms with Crippen LogP contribution in [0.3, 0.4) is 0 Å². The normalized spacial score (nSPS) is 11.7. The fraction of sp³-hybridized carbons (Fsp3) is 0.263. The molecule has 3 aromatic rings. The number of allylic oxidation sites excluding steroid dienone is 1. The number of rotatable bonds is 5. The molecule has 2 aromatic heterocycles. The molecule has 0 aliphatic carbocycles. The van der Waals surface area contributed by atoms with Crippen LogP contribution >= 0.6 is 0 Å². The first-order chi connectivity index (χ1) is 12.5. The number of benzene rings is 1. The lowest BCUT2D eigenvalue weighted by atomic mass is 10.00. The lowest BCUT2D eigenvalue weighted by Gasteiger charge is -2.15. The Kier molecular flexibility index (Phi) is 4.71. The number of hydrogen-bond donors (Lipinski definition) is 2. The van der Waals surface area contributed by atoms with Gasteiger partial charge in [-0.15, -0.1) is 0 Å². The second-order valence-corrected chi connectivity index (χ2v) is 6.02. The number of fused-ring (bicyclic) bond motifs is 1. The molecule has 26 heavy (non-hydrogen) atoms. The van der Waals surface area contributed by atoms with Gasteiger partial charge in [0.25, 0.3) is 0 Å². The quantitative estimate of drug-likeness (QED) is 0.668. The Morgan fingerprint density at radius 3 is 2.65 bits per heavy atom. The van der Waals surface area contributed by atoms with Gasteiger partial charge in [-0.25, -0.2) is 0 Å². The van der Waals surface area contributed by atoms with Crippen LogP contribution < -0.4 is 15.8 Å². The molecule has 0 spiro atoms. The van der Waals surface area contributed by atoms with E-state index >= 15 is 0 Å². The molecular weight excluding hydrogens is 332 g/mol. The molecular formula is C19H22N4O3. The SMILES string of the molecule is COC=C(C)Nc1c(N)cnc2cc(-c3c(C)noc3C)c(OC)cc12. The van der Waals surface area contributed by atoms with Crippen molar-refractivity contribution in [3.63, 3.8) is 0 Å². The van der Waals surface area contributed by atoms with E-state index < -0.39 is 0 Å².